The molecule has 0 bridgehead atoms. The summed E-state index contributed by atoms with van der Waals surface area (Å²) in [5.74, 6) is 0.562. The van der Waals surface area contributed by atoms with E-state index in [2.05, 4.69) is 20.4 Å². The summed E-state index contributed by atoms with van der Waals surface area (Å²) >= 11 is 0. The van der Waals surface area contributed by atoms with Crippen LogP contribution in [-0.4, -0.2) is 26.2 Å². The molecule has 0 atom stereocenters. The Bertz CT molecular complexity index is 543. The maximum Gasteiger partial charge on any atom is 0.203 e. The molecule has 0 aliphatic rings. The monoisotopic (exact) mass is 242 g/mol. The molecule has 0 saturated carbocycles. The second-order valence-electron chi connectivity index (χ2n) is 5.03. The minimum Gasteiger partial charge on any atom is -0.294 e. The highest BCUT2D eigenvalue weighted by Gasteiger charge is 2.22. The Morgan fingerprint density at radius 2 is 1.56 bits per heavy atom. The predicted octanol–water partition coefficient (Wildman–Crippen LogP) is 2.16. The Kier molecular flexibility index (Phi) is 3.14. The van der Waals surface area contributed by atoms with Crippen LogP contribution in [-0.2, 0) is 0 Å². The fourth-order valence-electron chi connectivity index (χ4n) is 1.52. The van der Waals surface area contributed by atoms with Crippen molar-refractivity contribution < 1.29 is 4.79 Å². The largest absolute Gasteiger partial charge is 0.294 e. The molecule has 0 fully saturated rings. The van der Waals surface area contributed by atoms with Crippen LogP contribution >= 0.6 is 0 Å². The smallest absolute Gasteiger partial charge is 0.203 e. The third-order valence-electron chi connectivity index (χ3n) is 2.49. The second kappa shape index (κ2) is 4.60. The molecule has 0 aliphatic carbocycles. The SMILES string of the molecule is CC(C)(C)C(=O)c1ccc(-c2nncnn2)cc1. The van der Waals surface area contributed by atoms with E-state index < -0.39 is 0 Å². The van der Waals surface area contributed by atoms with Gasteiger partial charge in [0.15, 0.2) is 12.1 Å². The summed E-state index contributed by atoms with van der Waals surface area (Å²) < 4.78 is 0. The first-order valence-electron chi connectivity index (χ1n) is 5.64. The van der Waals surface area contributed by atoms with Crippen molar-refractivity contribution in [2.75, 3.05) is 0 Å². The number of Topliss-reactive ketones (excluding diaryl/α,β-unsaturated/α-hetero) is 1. The Hall–Kier alpha value is -2.17. The van der Waals surface area contributed by atoms with E-state index in [0.717, 1.165) is 5.56 Å². The van der Waals surface area contributed by atoms with Crippen molar-refractivity contribution in [2.24, 2.45) is 5.41 Å². The average molecular weight is 242 g/mol. The number of nitrogens with zero attached hydrogens (tertiary/aromatic N) is 4. The molecule has 2 aromatic rings. The first kappa shape index (κ1) is 12.3. The van der Waals surface area contributed by atoms with E-state index in [1.807, 2.05) is 20.8 Å². The molecule has 92 valence electrons. The molecule has 2 rings (SSSR count). The topological polar surface area (TPSA) is 68.6 Å². The first-order valence-corrected chi connectivity index (χ1v) is 5.64. The van der Waals surface area contributed by atoms with Gasteiger partial charge in [0.1, 0.15) is 0 Å². The van der Waals surface area contributed by atoms with Crippen LogP contribution in [0.25, 0.3) is 11.4 Å². The second-order valence-corrected chi connectivity index (χ2v) is 5.03. The molecule has 5 heteroatoms. The van der Waals surface area contributed by atoms with E-state index in [0.29, 0.717) is 11.4 Å². The van der Waals surface area contributed by atoms with E-state index in [-0.39, 0.29) is 11.2 Å². The molecule has 5 nitrogen and oxygen atoms in total. The van der Waals surface area contributed by atoms with E-state index in [9.17, 15) is 4.79 Å². The summed E-state index contributed by atoms with van der Waals surface area (Å²) in [5, 5.41) is 15.1. The van der Waals surface area contributed by atoms with Crippen LogP contribution in [0.1, 0.15) is 31.1 Å². The number of carbonyl (C=O) groups excluding carboxylic acids is 1. The molecule has 0 saturated heterocycles. The number of benzene rings is 1. The highest BCUT2D eigenvalue weighted by Crippen LogP contribution is 2.22. The Balaban J connectivity index is 2.29. The molecule has 0 N–H and O–H groups in total. The zero-order valence-corrected chi connectivity index (χ0v) is 10.6. The maximum absolute atomic E-state index is 12.1. The van der Waals surface area contributed by atoms with Crippen molar-refractivity contribution >= 4 is 5.78 Å². The molecule has 0 spiro atoms. The fraction of sp³-hybridized carbons (Fsp3) is 0.308. The lowest BCUT2D eigenvalue weighted by atomic mass is 9.86. The van der Waals surface area contributed by atoms with Gasteiger partial charge in [-0.05, 0) is 0 Å². The van der Waals surface area contributed by atoms with Gasteiger partial charge in [-0.1, -0.05) is 45.0 Å². The third kappa shape index (κ3) is 2.56. The summed E-state index contributed by atoms with van der Waals surface area (Å²) in [6, 6.07) is 7.16. The number of hydrogen-bond acceptors (Lipinski definition) is 5. The Morgan fingerprint density at radius 3 is 2.06 bits per heavy atom. The summed E-state index contributed by atoms with van der Waals surface area (Å²) in [6.45, 7) is 5.70. The summed E-state index contributed by atoms with van der Waals surface area (Å²) in [6.07, 6.45) is 1.28. The van der Waals surface area contributed by atoms with Crippen LogP contribution in [0.5, 0.6) is 0 Å². The first-order chi connectivity index (χ1) is 8.48. The van der Waals surface area contributed by atoms with Gasteiger partial charge in [-0.3, -0.25) is 4.79 Å². The molecule has 0 aliphatic heterocycles. The van der Waals surface area contributed by atoms with Crippen LogP contribution in [0, 0.1) is 5.41 Å². The number of rotatable bonds is 2. The van der Waals surface area contributed by atoms with Gasteiger partial charge in [0.2, 0.25) is 5.82 Å². The Labute approximate surface area is 105 Å². The number of ketones is 1. The van der Waals surface area contributed by atoms with Gasteiger partial charge in [-0.25, -0.2) is 0 Å². The van der Waals surface area contributed by atoms with E-state index in [1.54, 1.807) is 24.3 Å². The molecular weight excluding hydrogens is 228 g/mol. The summed E-state index contributed by atoms with van der Waals surface area (Å²) in [4.78, 5) is 12.1. The molecule has 0 amide bonds. The van der Waals surface area contributed by atoms with Crippen LogP contribution in [0.4, 0.5) is 0 Å². The van der Waals surface area contributed by atoms with Crippen molar-refractivity contribution in [1.82, 2.24) is 20.4 Å². The lowest BCUT2D eigenvalue weighted by Gasteiger charge is -2.16. The van der Waals surface area contributed by atoms with Crippen molar-refractivity contribution in [3.05, 3.63) is 36.2 Å². The van der Waals surface area contributed by atoms with Gasteiger partial charge in [0, 0.05) is 16.5 Å². The van der Waals surface area contributed by atoms with Gasteiger partial charge < -0.3 is 0 Å². The van der Waals surface area contributed by atoms with Crippen molar-refractivity contribution in [1.29, 1.82) is 0 Å². The molecule has 1 aromatic heterocycles. The third-order valence-corrected chi connectivity index (χ3v) is 2.49. The average Bonchev–Trinajstić information content (AvgIpc) is 2.38. The molecule has 18 heavy (non-hydrogen) atoms. The lowest BCUT2D eigenvalue weighted by molar-refractivity contribution is 0.0858. The quantitative estimate of drug-likeness (QED) is 0.755. The van der Waals surface area contributed by atoms with Gasteiger partial charge in [-0.15, -0.1) is 20.4 Å². The van der Waals surface area contributed by atoms with Crippen molar-refractivity contribution in [2.45, 2.75) is 20.8 Å². The highest BCUT2D eigenvalue weighted by molar-refractivity contribution is 6.00. The lowest BCUT2D eigenvalue weighted by Crippen LogP contribution is -2.19. The minimum absolute atomic E-state index is 0.110. The zero-order chi connectivity index (χ0) is 13.2. The van der Waals surface area contributed by atoms with Crippen molar-refractivity contribution in [3.63, 3.8) is 0 Å². The fourth-order valence-corrected chi connectivity index (χ4v) is 1.52. The molecule has 1 heterocycles. The van der Waals surface area contributed by atoms with Crippen LogP contribution in [0.15, 0.2) is 30.6 Å². The number of hydrogen-bond donors (Lipinski definition) is 0. The number of aromatic nitrogens is 4. The molecule has 1 aromatic carbocycles. The molecule has 0 radical (unpaired) electrons. The van der Waals surface area contributed by atoms with Crippen molar-refractivity contribution in [3.8, 4) is 11.4 Å². The maximum atomic E-state index is 12.1. The van der Waals surface area contributed by atoms with Gasteiger partial charge in [0.25, 0.3) is 0 Å². The number of carbonyl (C=O) groups is 1. The Morgan fingerprint density at radius 1 is 1.00 bits per heavy atom. The predicted molar refractivity (Wildman–Crippen MR) is 66.8 cm³/mol. The minimum atomic E-state index is -0.381. The standard InChI is InChI=1S/C13H14N4O/c1-13(2,3)11(18)9-4-6-10(7-5-9)12-16-14-8-15-17-12/h4-8H,1-3H3. The van der Waals surface area contributed by atoms with Crippen LogP contribution in [0.3, 0.4) is 0 Å². The molecular formula is C13H14N4O. The summed E-state index contributed by atoms with van der Waals surface area (Å²) in [7, 11) is 0. The molecule has 0 unspecified atom stereocenters. The van der Waals surface area contributed by atoms with E-state index >= 15 is 0 Å². The van der Waals surface area contributed by atoms with Gasteiger partial charge in [-0.2, -0.15) is 0 Å². The van der Waals surface area contributed by atoms with Gasteiger partial charge >= 0.3 is 0 Å². The van der Waals surface area contributed by atoms with Gasteiger partial charge in [0.05, 0.1) is 0 Å². The zero-order valence-electron chi connectivity index (χ0n) is 10.6. The van der Waals surface area contributed by atoms with Crippen LogP contribution in [0.2, 0.25) is 0 Å². The summed E-state index contributed by atoms with van der Waals surface area (Å²) in [5.41, 5.74) is 1.09. The van der Waals surface area contributed by atoms with Crippen LogP contribution < -0.4 is 0 Å². The normalized spacial score (nSPS) is 11.3. The highest BCUT2D eigenvalue weighted by atomic mass is 16.1. The van der Waals surface area contributed by atoms with E-state index in [4.69, 9.17) is 0 Å². The van der Waals surface area contributed by atoms with E-state index in [1.165, 1.54) is 6.33 Å².